The maximum Gasteiger partial charge on any atom is 0.254 e. The third-order valence-electron chi connectivity index (χ3n) is 3.67. The number of aromatic nitrogens is 2. The minimum absolute atomic E-state index is 0.114. The Labute approximate surface area is 136 Å². The highest BCUT2D eigenvalue weighted by atomic mass is 79.9. The van der Waals surface area contributed by atoms with Gasteiger partial charge in [-0.25, -0.2) is 0 Å². The fraction of sp³-hybridized carbons (Fsp3) is 0.267. The SMILES string of the molecule is O=C(Nc1cn[nH]c1)C1CCCN1C(=O)c1ccc(Br)cc1. The van der Waals surface area contributed by atoms with Gasteiger partial charge in [0.05, 0.1) is 11.9 Å². The predicted octanol–water partition coefficient (Wildman–Crippen LogP) is 2.42. The van der Waals surface area contributed by atoms with Crippen LogP contribution in [0, 0.1) is 0 Å². The Morgan fingerprint density at radius 2 is 2.09 bits per heavy atom. The number of rotatable bonds is 3. The topological polar surface area (TPSA) is 78.1 Å². The smallest absolute Gasteiger partial charge is 0.254 e. The molecule has 0 saturated carbocycles. The van der Waals surface area contributed by atoms with Crippen LogP contribution < -0.4 is 5.32 Å². The molecule has 1 aromatic heterocycles. The van der Waals surface area contributed by atoms with Gasteiger partial charge >= 0.3 is 0 Å². The summed E-state index contributed by atoms with van der Waals surface area (Å²) in [7, 11) is 0. The standard InChI is InChI=1S/C15H15BrN4O2/c16-11-5-3-10(4-6-11)15(22)20-7-1-2-13(20)14(21)19-12-8-17-18-9-12/h3-6,8-9,13H,1-2,7H2,(H,17,18)(H,19,21). The van der Waals surface area contributed by atoms with Gasteiger partial charge in [-0.3, -0.25) is 14.7 Å². The molecule has 1 aliphatic heterocycles. The molecular weight excluding hydrogens is 348 g/mol. The van der Waals surface area contributed by atoms with Crippen LogP contribution in [0.5, 0.6) is 0 Å². The first-order valence-electron chi connectivity index (χ1n) is 7.01. The molecule has 2 heterocycles. The summed E-state index contributed by atoms with van der Waals surface area (Å²) in [6, 6.07) is 6.73. The van der Waals surface area contributed by atoms with Gasteiger partial charge in [0.2, 0.25) is 5.91 Å². The van der Waals surface area contributed by atoms with Gasteiger partial charge in [0.1, 0.15) is 6.04 Å². The van der Waals surface area contributed by atoms with Crippen LogP contribution >= 0.6 is 15.9 Å². The maximum absolute atomic E-state index is 12.6. The molecule has 1 unspecified atom stereocenters. The molecule has 2 amide bonds. The van der Waals surface area contributed by atoms with E-state index in [1.165, 1.54) is 6.20 Å². The summed E-state index contributed by atoms with van der Waals surface area (Å²) in [5.74, 6) is -0.290. The lowest BCUT2D eigenvalue weighted by Crippen LogP contribution is -2.43. The zero-order valence-corrected chi connectivity index (χ0v) is 13.3. The number of hydrogen-bond acceptors (Lipinski definition) is 3. The summed E-state index contributed by atoms with van der Waals surface area (Å²) in [5.41, 5.74) is 1.19. The Kier molecular flexibility index (Phi) is 4.24. The van der Waals surface area contributed by atoms with E-state index in [0.29, 0.717) is 24.2 Å². The zero-order valence-electron chi connectivity index (χ0n) is 11.8. The molecule has 0 bridgehead atoms. The number of likely N-dealkylation sites (tertiary alicyclic amines) is 1. The summed E-state index contributed by atoms with van der Waals surface area (Å²) >= 11 is 3.35. The van der Waals surface area contributed by atoms with Crippen LogP contribution in [0.3, 0.4) is 0 Å². The first kappa shape index (κ1) is 14.8. The molecule has 2 N–H and O–H groups in total. The number of nitrogens with zero attached hydrogens (tertiary/aromatic N) is 2. The molecule has 22 heavy (non-hydrogen) atoms. The van der Waals surface area contributed by atoms with Crippen molar-refractivity contribution in [2.45, 2.75) is 18.9 Å². The van der Waals surface area contributed by atoms with Crippen LogP contribution in [-0.2, 0) is 4.79 Å². The van der Waals surface area contributed by atoms with Crippen molar-refractivity contribution in [2.75, 3.05) is 11.9 Å². The van der Waals surface area contributed by atoms with E-state index in [1.54, 1.807) is 23.2 Å². The Morgan fingerprint density at radius 3 is 2.77 bits per heavy atom. The summed E-state index contributed by atoms with van der Waals surface area (Å²) in [5, 5.41) is 9.20. The fourth-order valence-electron chi connectivity index (χ4n) is 2.59. The minimum atomic E-state index is -0.439. The Hall–Kier alpha value is -2.15. The van der Waals surface area contributed by atoms with E-state index in [9.17, 15) is 9.59 Å². The van der Waals surface area contributed by atoms with E-state index in [2.05, 4.69) is 31.4 Å². The van der Waals surface area contributed by atoms with Crippen LogP contribution in [-0.4, -0.2) is 39.5 Å². The highest BCUT2D eigenvalue weighted by Gasteiger charge is 2.34. The highest BCUT2D eigenvalue weighted by molar-refractivity contribution is 9.10. The van der Waals surface area contributed by atoms with Gasteiger partial charge in [0.25, 0.3) is 5.91 Å². The average molecular weight is 363 g/mol. The number of hydrogen-bond donors (Lipinski definition) is 2. The highest BCUT2D eigenvalue weighted by Crippen LogP contribution is 2.22. The molecule has 7 heteroatoms. The number of H-pyrrole nitrogens is 1. The van der Waals surface area contributed by atoms with Crippen LogP contribution in [0.15, 0.2) is 41.1 Å². The number of carbonyl (C=O) groups excluding carboxylic acids is 2. The van der Waals surface area contributed by atoms with Gasteiger partial charge < -0.3 is 10.2 Å². The number of aromatic amines is 1. The van der Waals surface area contributed by atoms with Crippen molar-refractivity contribution in [1.29, 1.82) is 0 Å². The normalized spacial score (nSPS) is 17.5. The van der Waals surface area contributed by atoms with Gasteiger partial charge in [0.15, 0.2) is 0 Å². The summed E-state index contributed by atoms with van der Waals surface area (Å²) < 4.78 is 0.916. The van der Waals surface area contributed by atoms with Crippen molar-refractivity contribution >= 4 is 33.4 Å². The molecular formula is C15H15BrN4O2. The van der Waals surface area contributed by atoms with Crippen molar-refractivity contribution in [3.05, 3.63) is 46.7 Å². The monoisotopic (exact) mass is 362 g/mol. The van der Waals surface area contributed by atoms with Crippen molar-refractivity contribution in [3.8, 4) is 0 Å². The molecule has 1 aromatic carbocycles. The summed E-state index contributed by atoms with van der Waals surface area (Å²) in [6.45, 7) is 0.596. The molecule has 0 radical (unpaired) electrons. The lowest BCUT2D eigenvalue weighted by atomic mass is 10.1. The zero-order chi connectivity index (χ0) is 15.5. The number of carbonyl (C=O) groups is 2. The van der Waals surface area contributed by atoms with Gasteiger partial charge in [-0.15, -0.1) is 0 Å². The molecule has 114 valence electrons. The van der Waals surface area contributed by atoms with Crippen LogP contribution in [0.4, 0.5) is 5.69 Å². The second-order valence-electron chi connectivity index (χ2n) is 5.14. The first-order valence-corrected chi connectivity index (χ1v) is 7.80. The van der Waals surface area contributed by atoms with E-state index in [-0.39, 0.29) is 11.8 Å². The quantitative estimate of drug-likeness (QED) is 0.879. The number of halogens is 1. The van der Waals surface area contributed by atoms with E-state index < -0.39 is 6.04 Å². The van der Waals surface area contributed by atoms with Crippen molar-refractivity contribution in [1.82, 2.24) is 15.1 Å². The largest absolute Gasteiger partial charge is 0.327 e. The molecule has 0 spiro atoms. The van der Waals surface area contributed by atoms with E-state index >= 15 is 0 Å². The fourth-order valence-corrected chi connectivity index (χ4v) is 2.85. The van der Waals surface area contributed by atoms with Gasteiger partial charge in [0, 0.05) is 22.8 Å². The number of benzene rings is 1. The second-order valence-corrected chi connectivity index (χ2v) is 6.06. The van der Waals surface area contributed by atoms with Crippen LogP contribution in [0.25, 0.3) is 0 Å². The molecule has 0 aliphatic carbocycles. The maximum atomic E-state index is 12.6. The molecule has 1 saturated heterocycles. The third-order valence-corrected chi connectivity index (χ3v) is 4.20. The molecule has 1 aliphatic rings. The van der Waals surface area contributed by atoms with E-state index in [4.69, 9.17) is 0 Å². The van der Waals surface area contributed by atoms with Crippen LogP contribution in [0.1, 0.15) is 23.2 Å². The van der Waals surface area contributed by atoms with E-state index in [0.717, 1.165) is 10.9 Å². The van der Waals surface area contributed by atoms with Gasteiger partial charge in [-0.2, -0.15) is 5.10 Å². The summed E-state index contributed by atoms with van der Waals surface area (Å²) in [4.78, 5) is 26.6. The average Bonchev–Trinajstić information content (AvgIpc) is 3.18. The van der Waals surface area contributed by atoms with Crippen molar-refractivity contribution in [2.24, 2.45) is 0 Å². The lowest BCUT2D eigenvalue weighted by Gasteiger charge is -2.23. The van der Waals surface area contributed by atoms with Gasteiger partial charge in [-0.1, -0.05) is 15.9 Å². The molecule has 1 fully saturated rings. The number of amides is 2. The Morgan fingerprint density at radius 1 is 1.32 bits per heavy atom. The molecule has 6 nitrogen and oxygen atoms in total. The van der Waals surface area contributed by atoms with Crippen molar-refractivity contribution < 1.29 is 9.59 Å². The first-order chi connectivity index (χ1) is 10.6. The molecule has 2 aromatic rings. The lowest BCUT2D eigenvalue weighted by molar-refractivity contribution is -0.119. The second kappa shape index (κ2) is 6.31. The molecule has 3 rings (SSSR count). The van der Waals surface area contributed by atoms with Crippen molar-refractivity contribution in [3.63, 3.8) is 0 Å². The molecule has 1 atom stereocenters. The minimum Gasteiger partial charge on any atom is -0.327 e. The van der Waals surface area contributed by atoms with E-state index in [1.807, 2.05) is 12.1 Å². The summed E-state index contributed by atoms with van der Waals surface area (Å²) in [6.07, 6.45) is 4.64. The van der Waals surface area contributed by atoms with Crippen LogP contribution in [0.2, 0.25) is 0 Å². The Balaban J connectivity index is 1.73. The predicted molar refractivity (Wildman–Crippen MR) is 85.4 cm³/mol. The number of anilines is 1. The Bertz CT molecular complexity index is 669. The number of nitrogens with one attached hydrogen (secondary N) is 2. The third kappa shape index (κ3) is 3.04. The van der Waals surface area contributed by atoms with Gasteiger partial charge in [-0.05, 0) is 37.1 Å².